The van der Waals surface area contributed by atoms with Gasteiger partial charge in [-0.15, -0.1) is 0 Å². The fraction of sp³-hybridized carbons (Fsp3) is 0.630. The molecule has 0 atom stereocenters. The summed E-state index contributed by atoms with van der Waals surface area (Å²) in [5, 5.41) is 0. The molecule has 0 aliphatic heterocycles. The Bertz CT molecular complexity index is 1500. The van der Waals surface area contributed by atoms with Crippen LogP contribution in [0.1, 0.15) is 215 Å². The monoisotopic (exact) mass is 826 g/mol. The smallest absolute Gasteiger partial charge is 0.338 e. The van der Waals surface area contributed by atoms with E-state index in [9.17, 15) is 4.79 Å². The zero-order valence-corrected chi connectivity index (χ0v) is 38.3. The molecule has 0 aliphatic rings. The summed E-state index contributed by atoms with van der Waals surface area (Å²) in [5.41, 5.74) is 3.29. The van der Waals surface area contributed by atoms with E-state index in [-0.39, 0.29) is 5.97 Å². The molecule has 0 N–H and O–H groups in total. The molecular formula is C54H83NO5. The highest BCUT2D eigenvalue weighted by molar-refractivity contribution is 5.89. The molecule has 3 aromatic rings. The van der Waals surface area contributed by atoms with Crippen LogP contribution in [-0.4, -0.2) is 32.5 Å². The third kappa shape index (κ3) is 24.5. The fourth-order valence-electron chi connectivity index (χ4n) is 7.59. The van der Waals surface area contributed by atoms with E-state index in [0.29, 0.717) is 30.3 Å². The molecule has 0 aromatic heterocycles. The van der Waals surface area contributed by atoms with Crippen LogP contribution >= 0.6 is 0 Å². The summed E-state index contributed by atoms with van der Waals surface area (Å²) in [6, 6.07) is 21.2. The Morgan fingerprint density at radius 2 is 0.967 bits per heavy atom. The Balaban J connectivity index is 1.23. The first-order chi connectivity index (χ1) is 29.6. The minimum absolute atomic E-state index is 0.268. The maximum atomic E-state index is 12.6. The van der Waals surface area contributed by atoms with E-state index < -0.39 is 0 Å². The van der Waals surface area contributed by atoms with Crippen molar-refractivity contribution in [2.45, 2.75) is 200 Å². The van der Waals surface area contributed by atoms with Crippen molar-refractivity contribution in [3.8, 4) is 17.2 Å². The lowest BCUT2D eigenvalue weighted by Gasteiger charge is -2.12. The van der Waals surface area contributed by atoms with Gasteiger partial charge in [-0.3, -0.25) is 4.99 Å². The molecule has 6 nitrogen and oxygen atoms in total. The fourth-order valence-corrected chi connectivity index (χ4v) is 7.59. The van der Waals surface area contributed by atoms with Gasteiger partial charge in [0.2, 0.25) is 0 Å². The molecule has 0 unspecified atom stereocenters. The van der Waals surface area contributed by atoms with Crippen LogP contribution in [0, 0.1) is 0 Å². The second kappa shape index (κ2) is 34.9. The molecule has 0 bridgehead atoms. The summed E-state index contributed by atoms with van der Waals surface area (Å²) in [5.74, 6) is 1.90. The Kier molecular flexibility index (Phi) is 29.4. The first-order valence-corrected chi connectivity index (χ1v) is 24.5. The van der Waals surface area contributed by atoms with Crippen LogP contribution in [0.5, 0.6) is 17.2 Å². The molecule has 0 saturated heterocycles. The second-order valence-electron chi connectivity index (χ2n) is 16.8. The minimum atomic E-state index is -0.268. The molecule has 334 valence electrons. The first kappa shape index (κ1) is 50.6. The van der Waals surface area contributed by atoms with Crippen LogP contribution in [0.3, 0.4) is 0 Å². The molecule has 3 aromatic carbocycles. The van der Waals surface area contributed by atoms with Gasteiger partial charge in [0.05, 0.1) is 31.6 Å². The number of carbonyl (C=O) groups is 1. The number of hydrogen-bond acceptors (Lipinski definition) is 6. The number of esters is 1. The number of carbonyl (C=O) groups excluding carboxylic acids is 1. The molecule has 6 heteroatoms. The number of nitrogens with zero attached hydrogens (tertiary/aromatic N) is 1. The van der Waals surface area contributed by atoms with E-state index in [1.54, 1.807) is 7.11 Å². The number of unbranched alkanes of at least 4 members (excludes halogenated alkanes) is 26. The Morgan fingerprint density at radius 3 is 1.45 bits per heavy atom. The van der Waals surface area contributed by atoms with E-state index in [0.717, 1.165) is 48.4 Å². The normalized spacial score (nSPS) is 11.3. The Hall–Kier alpha value is -3.80. The Morgan fingerprint density at radius 1 is 0.500 bits per heavy atom. The summed E-state index contributed by atoms with van der Waals surface area (Å²) < 4.78 is 23.3. The van der Waals surface area contributed by atoms with Crippen LogP contribution in [0.2, 0.25) is 0 Å². The van der Waals surface area contributed by atoms with Gasteiger partial charge in [0, 0.05) is 6.21 Å². The zero-order chi connectivity index (χ0) is 42.6. The molecule has 0 saturated carbocycles. The van der Waals surface area contributed by atoms with Gasteiger partial charge in [-0.1, -0.05) is 193 Å². The highest BCUT2D eigenvalue weighted by atomic mass is 16.5. The number of aliphatic imine (C=N–C) groups is 1. The van der Waals surface area contributed by atoms with Gasteiger partial charge < -0.3 is 18.9 Å². The van der Waals surface area contributed by atoms with Crippen LogP contribution < -0.4 is 14.2 Å². The van der Waals surface area contributed by atoms with Gasteiger partial charge >= 0.3 is 5.97 Å². The van der Waals surface area contributed by atoms with E-state index in [1.807, 2.05) is 72.9 Å². The number of hydrogen-bond donors (Lipinski definition) is 0. The van der Waals surface area contributed by atoms with E-state index in [1.165, 1.54) is 161 Å². The lowest BCUT2D eigenvalue weighted by atomic mass is 10.0. The average Bonchev–Trinajstić information content (AvgIpc) is 3.28. The van der Waals surface area contributed by atoms with E-state index >= 15 is 0 Å². The summed E-state index contributed by atoms with van der Waals surface area (Å²) in [7, 11) is 1.64. The van der Waals surface area contributed by atoms with Crippen molar-refractivity contribution in [3.63, 3.8) is 0 Å². The number of methoxy groups -OCH3 is 1. The van der Waals surface area contributed by atoms with Crippen molar-refractivity contribution in [1.82, 2.24) is 0 Å². The summed E-state index contributed by atoms with van der Waals surface area (Å²) in [4.78, 5) is 17.2. The molecule has 0 radical (unpaired) electrons. The van der Waals surface area contributed by atoms with Crippen molar-refractivity contribution < 1.29 is 23.7 Å². The lowest BCUT2D eigenvalue weighted by molar-refractivity contribution is 0.0497. The maximum Gasteiger partial charge on any atom is 0.338 e. The number of benzene rings is 3. The molecule has 0 spiro atoms. The molecular weight excluding hydrogens is 743 g/mol. The lowest BCUT2D eigenvalue weighted by Crippen LogP contribution is -2.07. The predicted octanol–water partition coefficient (Wildman–Crippen LogP) is 16.5. The van der Waals surface area contributed by atoms with Gasteiger partial charge in [0.1, 0.15) is 12.4 Å². The van der Waals surface area contributed by atoms with Gasteiger partial charge in [-0.25, -0.2) is 4.79 Å². The van der Waals surface area contributed by atoms with Crippen molar-refractivity contribution in [1.29, 1.82) is 0 Å². The average molecular weight is 826 g/mol. The van der Waals surface area contributed by atoms with Gasteiger partial charge in [0.15, 0.2) is 11.5 Å². The SMILES string of the molecule is CCCCCCCCCCCCCCCCOC(=O)c1ccc(COc2ccc(C=Nc3ccc(OCCCCCCCCCCCCCCCC)cc3)cc2OC)cc1. The largest absolute Gasteiger partial charge is 0.494 e. The standard InChI is InChI=1S/C54H83NO5/c1-4-6-8-10-12-14-16-18-20-22-24-26-28-30-42-58-51-39-37-50(38-40-51)55-45-48-34-41-52(53(44-48)57-3)60-46-47-32-35-49(36-33-47)54(56)59-43-31-29-27-25-23-21-19-17-15-13-11-9-7-5-2/h32-41,44-45H,4-31,42-43,46H2,1-3H3. The predicted molar refractivity (Wildman–Crippen MR) is 254 cm³/mol. The molecule has 0 amide bonds. The molecule has 0 aliphatic carbocycles. The van der Waals surface area contributed by atoms with Crippen LogP contribution in [0.25, 0.3) is 0 Å². The van der Waals surface area contributed by atoms with Gasteiger partial charge in [0.25, 0.3) is 0 Å². The van der Waals surface area contributed by atoms with Crippen molar-refractivity contribution >= 4 is 17.9 Å². The van der Waals surface area contributed by atoms with Crippen LogP contribution in [0.15, 0.2) is 71.7 Å². The molecule has 60 heavy (non-hydrogen) atoms. The van der Waals surface area contributed by atoms with Gasteiger partial charge in [-0.2, -0.15) is 0 Å². The molecule has 3 rings (SSSR count). The minimum Gasteiger partial charge on any atom is -0.494 e. The summed E-state index contributed by atoms with van der Waals surface area (Å²) in [6.07, 6.45) is 39.2. The van der Waals surface area contributed by atoms with Crippen LogP contribution in [-0.2, 0) is 11.3 Å². The second-order valence-corrected chi connectivity index (χ2v) is 16.8. The van der Waals surface area contributed by atoms with Gasteiger partial charge in [-0.05, 0) is 78.6 Å². The summed E-state index contributed by atoms with van der Waals surface area (Å²) in [6.45, 7) is 6.15. The van der Waals surface area contributed by atoms with Crippen LogP contribution in [0.4, 0.5) is 5.69 Å². The Labute approximate surface area is 366 Å². The van der Waals surface area contributed by atoms with Crippen molar-refractivity contribution in [2.75, 3.05) is 20.3 Å². The number of rotatable bonds is 38. The van der Waals surface area contributed by atoms with Crippen molar-refractivity contribution in [2.24, 2.45) is 4.99 Å². The van der Waals surface area contributed by atoms with E-state index in [2.05, 4.69) is 18.8 Å². The van der Waals surface area contributed by atoms with E-state index in [4.69, 9.17) is 18.9 Å². The topological polar surface area (TPSA) is 66.4 Å². The first-order valence-electron chi connectivity index (χ1n) is 24.5. The quantitative estimate of drug-likeness (QED) is 0.0327. The summed E-state index contributed by atoms with van der Waals surface area (Å²) >= 11 is 0. The third-order valence-corrected chi connectivity index (χ3v) is 11.5. The highest BCUT2D eigenvalue weighted by Crippen LogP contribution is 2.29. The van der Waals surface area contributed by atoms with Crippen molar-refractivity contribution in [3.05, 3.63) is 83.4 Å². The highest BCUT2D eigenvalue weighted by Gasteiger charge is 2.09. The number of ether oxygens (including phenoxy) is 4. The molecule has 0 heterocycles. The molecule has 0 fully saturated rings. The maximum absolute atomic E-state index is 12.6. The zero-order valence-electron chi connectivity index (χ0n) is 38.3. The third-order valence-electron chi connectivity index (χ3n) is 11.5.